The van der Waals surface area contributed by atoms with Crippen molar-refractivity contribution in [3.05, 3.63) is 35.9 Å². The molecule has 0 heterocycles. The Bertz CT molecular complexity index is 383. The predicted octanol–water partition coefficient (Wildman–Crippen LogP) is 3.21. The first-order valence-electron chi connectivity index (χ1n) is 6.01. The second-order valence-electron chi connectivity index (χ2n) is 4.83. The molecule has 0 aromatic heterocycles. The molecule has 0 saturated heterocycles. The molecule has 1 aromatic rings. The van der Waals surface area contributed by atoms with E-state index < -0.39 is 37.3 Å². The fraction of sp³-hybridized carbons (Fsp3) is 0.500. The van der Waals surface area contributed by atoms with Gasteiger partial charge in [-0.25, -0.2) is 0 Å². The van der Waals surface area contributed by atoms with Crippen LogP contribution in [0.15, 0.2) is 30.3 Å². The van der Waals surface area contributed by atoms with E-state index in [1.54, 1.807) is 30.3 Å². The molecule has 1 rings (SSSR count). The summed E-state index contributed by atoms with van der Waals surface area (Å²) in [7, 11) is 0. The maximum Gasteiger partial charge on any atom is 0.306 e. The second-order valence-corrected chi connectivity index (χ2v) is 4.83. The first kappa shape index (κ1) is 15.5. The topological polar surface area (TPSA) is 37.3 Å². The molecule has 0 bridgehead atoms. The van der Waals surface area contributed by atoms with Crippen LogP contribution in [-0.2, 0) is 11.2 Å². The highest BCUT2D eigenvalue weighted by Crippen LogP contribution is 2.30. The minimum Gasteiger partial charge on any atom is -0.481 e. The standard InChI is InChI=1S/C14H17F3O2/c15-8-14(9-16,10-17)7-12(13(18)19)6-11-4-2-1-3-5-11/h1-5,12H,6-10H2,(H,18,19). The summed E-state index contributed by atoms with van der Waals surface area (Å²) in [4.78, 5) is 11.2. The molecule has 0 radical (unpaired) electrons. The summed E-state index contributed by atoms with van der Waals surface area (Å²) in [6.45, 7) is -3.59. The van der Waals surface area contributed by atoms with Crippen LogP contribution in [0.3, 0.4) is 0 Å². The molecule has 0 aliphatic heterocycles. The number of halogens is 3. The van der Waals surface area contributed by atoms with E-state index in [-0.39, 0.29) is 12.8 Å². The largest absolute Gasteiger partial charge is 0.481 e. The Morgan fingerprint density at radius 2 is 1.63 bits per heavy atom. The number of carboxylic acids is 1. The molecule has 1 aromatic carbocycles. The number of carbonyl (C=O) groups is 1. The van der Waals surface area contributed by atoms with Gasteiger partial charge in [-0.2, -0.15) is 0 Å². The number of rotatable bonds is 8. The second kappa shape index (κ2) is 7.16. The van der Waals surface area contributed by atoms with Gasteiger partial charge in [0.15, 0.2) is 0 Å². The van der Waals surface area contributed by atoms with Crippen molar-refractivity contribution in [2.75, 3.05) is 20.0 Å². The third-order valence-corrected chi connectivity index (χ3v) is 3.20. The fourth-order valence-corrected chi connectivity index (χ4v) is 1.94. The third kappa shape index (κ3) is 4.26. The van der Waals surface area contributed by atoms with E-state index in [0.29, 0.717) is 0 Å². The Morgan fingerprint density at radius 1 is 1.11 bits per heavy atom. The zero-order chi connectivity index (χ0) is 14.3. The highest BCUT2D eigenvalue weighted by Gasteiger charge is 2.36. The van der Waals surface area contributed by atoms with Gasteiger partial charge in [0.25, 0.3) is 0 Å². The van der Waals surface area contributed by atoms with Crippen LogP contribution in [0.25, 0.3) is 0 Å². The van der Waals surface area contributed by atoms with Crippen LogP contribution in [0.4, 0.5) is 13.2 Å². The van der Waals surface area contributed by atoms with Crippen molar-refractivity contribution in [3.63, 3.8) is 0 Å². The molecule has 1 atom stereocenters. The number of hydrogen-bond acceptors (Lipinski definition) is 1. The lowest BCUT2D eigenvalue weighted by Gasteiger charge is -2.27. The lowest BCUT2D eigenvalue weighted by molar-refractivity contribution is -0.143. The lowest BCUT2D eigenvalue weighted by Crippen LogP contribution is -2.34. The molecule has 0 saturated carbocycles. The van der Waals surface area contributed by atoms with Gasteiger partial charge in [0.2, 0.25) is 0 Å². The van der Waals surface area contributed by atoms with E-state index >= 15 is 0 Å². The van der Waals surface area contributed by atoms with Crippen molar-refractivity contribution in [2.24, 2.45) is 11.3 Å². The maximum atomic E-state index is 12.8. The summed E-state index contributed by atoms with van der Waals surface area (Å²) in [5.74, 6) is -2.16. The zero-order valence-electron chi connectivity index (χ0n) is 10.5. The highest BCUT2D eigenvalue weighted by molar-refractivity contribution is 5.70. The molecule has 106 valence electrons. The van der Waals surface area contributed by atoms with Crippen LogP contribution in [0.1, 0.15) is 12.0 Å². The first-order chi connectivity index (χ1) is 9.06. The lowest BCUT2D eigenvalue weighted by atomic mass is 9.80. The number of aliphatic carboxylic acids is 1. The Balaban J connectivity index is 2.81. The van der Waals surface area contributed by atoms with E-state index in [4.69, 9.17) is 5.11 Å². The number of alkyl halides is 3. The van der Waals surface area contributed by atoms with Crippen LogP contribution in [0.2, 0.25) is 0 Å². The zero-order valence-corrected chi connectivity index (χ0v) is 10.5. The van der Waals surface area contributed by atoms with Gasteiger partial charge < -0.3 is 5.11 Å². The third-order valence-electron chi connectivity index (χ3n) is 3.20. The molecule has 1 unspecified atom stereocenters. The minimum absolute atomic E-state index is 0.137. The number of carboxylic acid groups (broad SMARTS) is 1. The summed E-state index contributed by atoms with van der Waals surface area (Å²) in [5.41, 5.74) is -1.07. The van der Waals surface area contributed by atoms with Crippen LogP contribution in [-0.4, -0.2) is 31.1 Å². The van der Waals surface area contributed by atoms with Crippen molar-refractivity contribution in [1.82, 2.24) is 0 Å². The molecule has 0 aliphatic rings. The van der Waals surface area contributed by atoms with Crippen molar-refractivity contribution in [3.8, 4) is 0 Å². The Kier molecular flexibility index (Phi) is 5.86. The van der Waals surface area contributed by atoms with Crippen LogP contribution >= 0.6 is 0 Å². The molecule has 2 nitrogen and oxygen atoms in total. The van der Waals surface area contributed by atoms with Gasteiger partial charge in [-0.15, -0.1) is 0 Å². The van der Waals surface area contributed by atoms with Crippen molar-refractivity contribution in [1.29, 1.82) is 0 Å². The number of benzene rings is 1. The summed E-state index contributed by atoms with van der Waals surface area (Å²) in [6.07, 6.45) is -0.210. The molecule has 5 heteroatoms. The first-order valence-corrected chi connectivity index (χ1v) is 6.01. The Hall–Kier alpha value is -1.52. The molecule has 0 aliphatic carbocycles. The molecule has 19 heavy (non-hydrogen) atoms. The molecular formula is C14H17F3O2. The molecule has 0 amide bonds. The smallest absolute Gasteiger partial charge is 0.306 e. The normalized spacial score (nSPS) is 13.2. The van der Waals surface area contributed by atoms with Gasteiger partial charge in [-0.1, -0.05) is 30.3 Å². The molecule has 0 fully saturated rings. The highest BCUT2D eigenvalue weighted by atomic mass is 19.1. The Morgan fingerprint density at radius 3 is 2.05 bits per heavy atom. The Labute approximate surface area is 110 Å². The average Bonchev–Trinajstić information content (AvgIpc) is 2.45. The van der Waals surface area contributed by atoms with Crippen LogP contribution in [0.5, 0.6) is 0 Å². The SMILES string of the molecule is O=C(O)C(Cc1ccccc1)CC(CF)(CF)CF. The van der Waals surface area contributed by atoms with Gasteiger partial charge in [0.05, 0.1) is 11.3 Å². The number of hydrogen-bond donors (Lipinski definition) is 1. The van der Waals surface area contributed by atoms with Gasteiger partial charge in [0.1, 0.15) is 20.0 Å². The summed E-state index contributed by atoms with van der Waals surface area (Å²) in [6, 6.07) is 8.76. The van der Waals surface area contributed by atoms with Crippen molar-refractivity contribution >= 4 is 5.97 Å². The van der Waals surface area contributed by atoms with E-state index in [9.17, 15) is 18.0 Å². The van der Waals surface area contributed by atoms with Gasteiger partial charge in [-0.3, -0.25) is 18.0 Å². The van der Waals surface area contributed by atoms with Crippen molar-refractivity contribution in [2.45, 2.75) is 12.8 Å². The van der Waals surface area contributed by atoms with E-state index in [0.717, 1.165) is 5.56 Å². The summed E-state index contributed by atoms with van der Waals surface area (Å²) in [5, 5.41) is 9.12. The van der Waals surface area contributed by atoms with Crippen molar-refractivity contribution < 1.29 is 23.1 Å². The molecular weight excluding hydrogens is 257 g/mol. The molecule has 1 N–H and O–H groups in total. The monoisotopic (exact) mass is 274 g/mol. The minimum atomic E-state index is -1.82. The average molecular weight is 274 g/mol. The fourth-order valence-electron chi connectivity index (χ4n) is 1.94. The van der Waals surface area contributed by atoms with E-state index in [2.05, 4.69) is 0 Å². The van der Waals surface area contributed by atoms with Crippen LogP contribution in [0, 0.1) is 11.3 Å². The molecule has 0 spiro atoms. The van der Waals surface area contributed by atoms with Gasteiger partial charge in [0, 0.05) is 0 Å². The van der Waals surface area contributed by atoms with E-state index in [1.807, 2.05) is 0 Å². The maximum absolute atomic E-state index is 12.8. The van der Waals surface area contributed by atoms with Gasteiger partial charge >= 0.3 is 5.97 Å². The van der Waals surface area contributed by atoms with Gasteiger partial charge in [-0.05, 0) is 18.4 Å². The predicted molar refractivity (Wildman–Crippen MR) is 66.2 cm³/mol. The quantitative estimate of drug-likeness (QED) is 0.790. The summed E-state index contributed by atoms with van der Waals surface area (Å²) >= 11 is 0. The van der Waals surface area contributed by atoms with E-state index in [1.165, 1.54) is 0 Å². The summed E-state index contributed by atoms with van der Waals surface area (Å²) < 4.78 is 38.4. The van der Waals surface area contributed by atoms with Crippen LogP contribution < -0.4 is 0 Å².